The minimum Gasteiger partial charge on any atom is -0.466 e. The molecule has 3 nitrogen and oxygen atoms in total. The molecule has 158 valence electrons. The van der Waals surface area contributed by atoms with Crippen LogP contribution >= 0.6 is 0 Å². The van der Waals surface area contributed by atoms with Gasteiger partial charge in [0, 0.05) is 18.3 Å². The molecule has 4 atom stereocenters. The Kier molecular flexibility index (Phi) is 5.39. The molecule has 0 amide bonds. The second kappa shape index (κ2) is 6.99. The minimum atomic E-state index is -0.222. The number of hydrogen-bond acceptors (Lipinski definition) is 3. The van der Waals surface area contributed by atoms with Crippen molar-refractivity contribution in [1.29, 1.82) is 0 Å². The summed E-state index contributed by atoms with van der Waals surface area (Å²) in [5.74, 6) is 1.31. The van der Waals surface area contributed by atoms with Crippen molar-refractivity contribution in [3.63, 3.8) is 0 Å². The van der Waals surface area contributed by atoms with Crippen LogP contribution in [0.15, 0.2) is 11.6 Å². The molecule has 0 aromatic rings. The Bertz CT molecular complexity index is 686. The van der Waals surface area contributed by atoms with Crippen LogP contribution in [0.5, 0.6) is 0 Å². The van der Waals surface area contributed by atoms with Gasteiger partial charge in [0.1, 0.15) is 5.78 Å². The number of fused-ring (bicyclic) bond motifs is 3. The van der Waals surface area contributed by atoms with E-state index in [4.69, 9.17) is 4.74 Å². The quantitative estimate of drug-likeness (QED) is 0.431. The molecule has 2 unspecified atom stereocenters. The van der Waals surface area contributed by atoms with E-state index >= 15 is 0 Å². The zero-order chi connectivity index (χ0) is 21.0. The van der Waals surface area contributed by atoms with Gasteiger partial charge in [0.05, 0.1) is 6.61 Å². The molecule has 0 radical (unpaired) electrons. The van der Waals surface area contributed by atoms with E-state index < -0.39 is 0 Å². The van der Waals surface area contributed by atoms with Crippen molar-refractivity contribution in [2.75, 3.05) is 6.61 Å². The Hall–Kier alpha value is -1.12. The lowest BCUT2D eigenvalue weighted by atomic mass is 9.39. The summed E-state index contributed by atoms with van der Waals surface area (Å²) in [6.45, 7) is 16.4. The van der Waals surface area contributed by atoms with E-state index in [-0.39, 0.29) is 27.6 Å². The Morgan fingerprint density at radius 3 is 2.46 bits per heavy atom. The van der Waals surface area contributed by atoms with Crippen molar-refractivity contribution >= 4 is 11.8 Å². The SMILES string of the molecule is CCOC(=O)CC[C@H]1CC=C2C3(C)CCC(=O)C(C)(C)[C@@H]3CCC2(C)C1(C)C. The molecule has 28 heavy (non-hydrogen) atoms. The maximum atomic E-state index is 12.7. The van der Waals surface area contributed by atoms with Crippen molar-refractivity contribution < 1.29 is 14.3 Å². The van der Waals surface area contributed by atoms with Gasteiger partial charge in [0.15, 0.2) is 0 Å². The highest BCUT2D eigenvalue weighted by atomic mass is 16.5. The third-order valence-corrected chi connectivity index (χ3v) is 9.42. The molecule has 0 bridgehead atoms. The predicted octanol–water partition coefficient (Wildman–Crippen LogP) is 6.11. The van der Waals surface area contributed by atoms with Crippen molar-refractivity contribution in [3.05, 3.63) is 11.6 Å². The molecule has 0 N–H and O–H groups in total. The molecule has 0 aliphatic heterocycles. The van der Waals surface area contributed by atoms with Gasteiger partial charge in [-0.3, -0.25) is 9.59 Å². The van der Waals surface area contributed by atoms with Gasteiger partial charge < -0.3 is 4.74 Å². The summed E-state index contributed by atoms with van der Waals surface area (Å²) >= 11 is 0. The second-order valence-electron chi connectivity index (χ2n) is 11.1. The average molecular weight is 389 g/mol. The number of carbonyl (C=O) groups excluding carboxylic acids is 2. The molecule has 0 spiro atoms. The summed E-state index contributed by atoms with van der Waals surface area (Å²) in [6.07, 6.45) is 8.92. The summed E-state index contributed by atoms with van der Waals surface area (Å²) in [5, 5.41) is 0. The van der Waals surface area contributed by atoms with E-state index in [1.165, 1.54) is 0 Å². The topological polar surface area (TPSA) is 43.4 Å². The first kappa shape index (κ1) is 21.6. The number of ether oxygens (including phenoxy) is 1. The van der Waals surface area contributed by atoms with Gasteiger partial charge in [-0.25, -0.2) is 0 Å². The van der Waals surface area contributed by atoms with Crippen LogP contribution in [0.1, 0.15) is 93.4 Å². The third-order valence-electron chi connectivity index (χ3n) is 9.42. The summed E-state index contributed by atoms with van der Waals surface area (Å²) in [7, 11) is 0. The number of allylic oxidation sites excluding steroid dienone is 2. The van der Waals surface area contributed by atoms with Crippen LogP contribution in [-0.4, -0.2) is 18.4 Å². The summed E-state index contributed by atoms with van der Waals surface area (Å²) in [6, 6.07) is 0. The number of rotatable bonds is 4. The number of Topliss-reactive ketones (excluding diaryl/α,β-unsaturated/α-hetero) is 1. The van der Waals surface area contributed by atoms with Crippen LogP contribution in [0, 0.1) is 33.5 Å². The van der Waals surface area contributed by atoms with E-state index in [1.807, 2.05) is 6.92 Å². The number of hydrogen-bond donors (Lipinski definition) is 0. The second-order valence-corrected chi connectivity index (χ2v) is 11.1. The molecule has 2 saturated carbocycles. The lowest BCUT2D eigenvalue weighted by Crippen LogP contribution is -2.58. The highest BCUT2D eigenvalue weighted by Gasteiger charge is 2.62. The molecule has 3 rings (SSSR count). The lowest BCUT2D eigenvalue weighted by Gasteiger charge is -2.65. The maximum Gasteiger partial charge on any atom is 0.305 e. The molecule has 2 fully saturated rings. The van der Waals surface area contributed by atoms with Gasteiger partial charge in [-0.1, -0.05) is 53.2 Å². The van der Waals surface area contributed by atoms with E-state index in [0.29, 0.717) is 37.1 Å². The standard InChI is InChI=1S/C25H40O3/c1-8-28-21(27)12-10-17-9-11-19-24(6)15-14-20(26)22(2,3)18(24)13-16-25(19,7)23(17,4)5/h11,17-18H,8-10,12-16H2,1-7H3/t17-,18+,24?,25?/m1/s1. The van der Waals surface area contributed by atoms with Gasteiger partial charge >= 0.3 is 5.97 Å². The lowest BCUT2D eigenvalue weighted by molar-refractivity contribution is -0.145. The zero-order valence-electron chi connectivity index (χ0n) is 19.1. The van der Waals surface area contributed by atoms with E-state index in [9.17, 15) is 9.59 Å². The fourth-order valence-corrected chi connectivity index (χ4v) is 7.20. The monoisotopic (exact) mass is 388 g/mol. The molecule has 0 aromatic heterocycles. The van der Waals surface area contributed by atoms with Crippen molar-refractivity contribution in [3.8, 4) is 0 Å². The Morgan fingerprint density at radius 1 is 1.14 bits per heavy atom. The summed E-state index contributed by atoms with van der Waals surface area (Å²) in [4.78, 5) is 24.6. The molecule has 0 aromatic carbocycles. The van der Waals surface area contributed by atoms with E-state index in [0.717, 1.165) is 32.1 Å². The third kappa shape index (κ3) is 2.99. The highest BCUT2D eigenvalue weighted by Crippen LogP contribution is 2.70. The van der Waals surface area contributed by atoms with Gasteiger partial charge in [-0.15, -0.1) is 0 Å². The van der Waals surface area contributed by atoms with E-state index in [2.05, 4.69) is 47.6 Å². The van der Waals surface area contributed by atoms with Crippen molar-refractivity contribution in [1.82, 2.24) is 0 Å². The Labute approximate surface area is 171 Å². The van der Waals surface area contributed by atoms with Crippen LogP contribution in [0.3, 0.4) is 0 Å². The highest BCUT2D eigenvalue weighted by molar-refractivity contribution is 5.85. The van der Waals surface area contributed by atoms with Gasteiger partial charge in [-0.05, 0) is 67.1 Å². The first-order valence-electron chi connectivity index (χ1n) is 11.3. The molecular weight excluding hydrogens is 348 g/mol. The smallest absolute Gasteiger partial charge is 0.305 e. The number of carbonyl (C=O) groups is 2. The van der Waals surface area contributed by atoms with Crippen molar-refractivity contribution in [2.45, 2.75) is 93.4 Å². The average Bonchev–Trinajstić information content (AvgIpc) is 2.59. The van der Waals surface area contributed by atoms with Crippen LogP contribution < -0.4 is 0 Å². The van der Waals surface area contributed by atoms with Crippen LogP contribution in [0.4, 0.5) is 0 Å². The van der Waals surface area contributed by atoms with Gasteiger partial charge in [-0.2, -0.15) is 0 Å². The first-order chi connectivity index (χ1) is 12.9. The minimum absolute atomic E-state index is 0.0681. The summed E-state index contributed by atoms with van der Waals surface area (Å²) in [5.41, 5.74) is 1.76. The van der Waals surface area contributed by atoms with Crippen LogP contribution in [0.2, 0.25) is 0 Å². The zero-order valence-corrected chi connectivity index (χ0v) is 19.1. The van der Waals surface area contributed by atoms with Crippen molar-refractivity contribution in [2.24, 2.45) is 33.5 Å². The first-order valence-corrected chi connectivity index (χ1v) is 11.3. The maximum absolute atomic E-state index is 12.7. The fraction of sp³-hybridized carbons (Fsp3) is 0.840. The van der Waals surface area contributed by atoms with E-state index in [1.54, 1.807) is 5.57 Å². The summed E-state index contributed by atoms with van der Waals surface area (Å²) < 4.78 is 5.17. The molecular formula is C25H40O3. The Balaban J connectivity index is 1.92. The fourth-order valence-electron chi connectivity index (χ4n) is 7.20. The molecule has 0 saturated heterocycles. The molecule has 0 heterocycles. The van der Waals surface area contributed by atoms with Gasteiger partial charge in [0.25, 0.3) is 0 Å². The largest absolute Gasteiger partial charge is 0.466 e. The normalized spacial score (nSPS) is 38.8. The van der Waals surface area contributed by atoms with Gasteiger partial charge in [0.2, 0.25) is 0 Å². The Morgan fingerprint density at radius 2 is 1.82 bits per heavy atom. The van der Waals surface area contributed by atoms with Crippen LogP contribution in [0.25, 0.3) is 0 Å². The number of ketones is 1. The predicted molar refractivity (Wildman–Crippen MR) is 113 cm³/mol. The van der Waals surface area contributed by atoms with Crippen LogP contribution in [-0.2, 0) is 14.3 Å². The number of esters is 1. The molecule has 3 heteroatoms. The molecule has 3 aliphatic rings. The molecule has 3 aliphatic carbocycles.